The van der Waals surface area contributed by atoms with Crippen LogP contribution in [0.15, 0.2) is 72.8 Å². The summed E-state index contributed by atoms with van der Waals surface area (Å²) in [6.45, 7) is 0. The Bertz CT molecular complexity index is 1140. The van der Waals surface area contributed by atoms with E-state index in [4.69, 9.17) is 5.73 Å². The lowest BCUT2D eigenvalue weighted by atomic mass is 9.98. The number of nitrogens with one attached hydrogen (secondary N) is 1. The first kappa shape index (κ1) is 13.9. The first-order chi connectivity index (χ1) is 12.3. The van der Waals surface area contributed by atoms with Crippen molar-refractivity contribution in [3.05, 3.63) is 72.8 Å². The number of aromatic amines is 1. The minimum atomic E-state index is -0.491. The first-order valence-corrected chi connectivity index (χ1v) is 8.15. The number of nitrogens with zero attached hydrogens (tertiary/aromatic N) is 1. The van der Waals surface area contributed by atoms with Gasteiger partial charge in [0.25, 0.3) is 0 Å². The third kappa shape index (κ3) is 1.85. The molecule has 4 nitrogen and oxygen atoms in total. The number of anilines is 2. The van der Waals surface area contributed by atoms with Gasteiger partial charge in [-0.3, -0.25) is 4.90 Å². The molecule has 0 fully saturated rings. The number of carbonyl (C=O) groups is 1. The maximum Gasteiger partial charge on any atom is 0.323 e. The summed E-state index contributed by atoms with van der Waals surface area (Å²) in [5, 5.41) is 1.13. The fourth-order valence-electron chi connectivity index (χ4n) is 3.75. The highest BCUT2D eigenvalue weighted by Crippen LogP contribution is 2.49. The molecule has 0 unspecified atom stereocenters. The second-order valence-corrected chi connectivity index (χ2v) is 6.13. The summed E-state index contributed by atoms with van der Waals surface area (Å²) in [6, 6.07) is 23.5. The Labute approximate surface area is 144 Å². The quantitative estimate of drug-likeness (QED) is 0.468. The number of amides is 2. The van der Waals surface area contributed by atoms with Gasteiger partial charge in [0.05, 0.1) is 17.1 Å². The van der Waals surface area contributed by atoms with Gasteiger partial charge in [-0.05, 0) is 18.2 Å². The number of nitrogens with two attached hydrogens (primary N) is 1. The summed E-state index contributed by atoms with van der Waals surface area (Å²) >= 11 is 0. The van der Waals surface area contributed by atoms with E-state index < -0.39 is 6.03 Å². The molecular weight excluding hydrogens is 310 g/mol. The zero-order valence-electron chi connectivity index (χ0n) is 13.4. The molecule has 0 radical (unpaired) electrons. The van der Waals surface area contributed by atoms with E-state index in [0.717, 1.165) is 44.7 Å². The van der Waals surface area contributed by atoms with Crippen molar-refractivity contribution in [2.45, 2.75) is 0 Å². The maximum absolute atomic E-state index is 12.3. The second-order valence-electron chi connectivity index (χ2n) is 6.13. The molecule has 3 N–H and O–H groups in total. The first-order valence-electron chi connectivity index (χ1n) is 8.15. The number of urea groups is 1. The van der Waals surface area contributed by atoms with Gasteiger partial charge >= 0.3 is 6.03 Å². The third-order valence-electron chi connectivity index (χ3n) is 4.76. The molecule has 120 valence electrons. The summed E-state index contributed by atoms with van der Waals surface area (Å²) in [5.41, 5.74) is 12.5. The molecule has 5 rings (SSSR count). The zero-order valence-corrected chi connectivity index (χ0v) is 13.4. The SMILES string of the molecule is NC(=O)N1c2ccccc2-c2[nH]c3ccccc3c2-c2ccccc21. The summed E-state index contributed by atoms with van der Waals surface area (Å²) in [6.07, 6.45) is 0. The number of hydrogen-bond donors (Lipinski definition) is 2. The molecule has 4 aromatic rings. The minimum Gasteiger partial charge on any atom is -0.354 e. The predicted octanol–water partition coefficient (Wildman–Crippen LogP) is 5.03. The molecule has 0 atom stereocenters. The molecule has 2 amide bonds. The van der Waals surface area contributed by atoms with Crippen molar-refractivity contribution in [1.29, 1.82) is 0 Å². The third-order valence-corrected chi connectivity index (χ3v) is 4.76. The lowest BCUT2D eigenvalue weighted by Gasteiger charge is -2.22. The van der Waals surface area contributed by atoms with E-state index in [-0.39, 0.29) is 0 Å². The van der Waals surface area contributed by atoms with Crippen LogP contribution >= 0.6 is 0 Å². The van der Waals surface area contributed by atoms with E-state index in [1.165, 1.54) is 0 Å². The average molecular weight is 325 g/mol. The maximum atomic E-state index is 12.3. The summed E-state index contributed by atoms with van der Waals surface area (Å²) in [7, 11) is 0. The van der Waals surface area contributed by atoms with Crippen LogP contribution in [-0.4, -0.2) is 11.0 Å². The molecule has 4 heteroatoms. The molecule has 1 aromatic heterocycles. The Morgan fingerprint density at radius 3 is 2.16 bits per heavy atom. The Hall–Kier alpha value is -3.53. The van der Waals surface area contributed by atoms with E-state index in [0.29, 0.717) is 0 Å². The van der Waals surface area contributed by atoms with Gasteiger partial charge in [-0.15, -0.1) is 0 Å². The monoisotopic (exact) mass is 325 g/mol. The van der Waals surface area contributed by atoms with Gasteiger partial charge in [0.15, 0.2) is 0 Å². The number of H-pyrrole nitrogens is 1. The smallest absolute Gasteiger partial charge is 0.323 e. The topological polar surface area (TPSA) is 62.1 Å². The van der Waals surface area contributed by atoms with Gasteiger partial charge in [-0.25, -0.2) is 4.79 Å². The molecule has 2 heterocycles. The molecular formula is C21H15N3O. The van der Waals surface area contributed by atoms with E-state index in [2.05, 4.69) is 17.1 Å². The Morgan fingerprint density at radius 2 is 1.40 bits per heavy atom. The van der Waals surface area contributed by atoms with Crippen LogP contribution in [0.4, 0.5) is 16.2 Å². The van der Waals surface area contributed by atoms with Crippen LogP contribution in [0, 0.1) is 0 Å². The van der Waals surface area contributed by atoms with Crippen LogP contribution in [0.1, 0.15) is 0 Å². The summed E-state index contributed by atoms with van der Waals surface area (Å²) < 4.78 is 0. The molecule has 0 bridgehead atoms. The highest BCUT2D eigenvalue weighted by Gasteiger charge is 2.29. The van der Waals surface area contributed by atoms with Crippen molar-refractivity contribution < 1.29 is 4.79 Å². The van der Waals surface area contributed by atoms with Crippen molar-refractivity contribution in [2.24, 2.45) is 5.73 Å². The molecule has 3 aromatic carbocycles. The van der Waals surface area contributed by atoms with E-state index >= 15 is 0 Å². The van der Waals surface area contributed by atoms with Gasteiger partial charge in [-0.1, -0.05) is 54.6 Å². The number of rotatable bonds is 0. The Balaban J connectivity index is 2.01. The highest BCUT2D eigenvalue weighted by atomic mass is 16.2. The second kappa shape index (κ2) is 4.98. The molecule has 1 aliphatic rings. The lowest BCUT2D eigenvalue weighted by Crippen LogP contribution is -2.31. The number of fused-ring (bicyclic) bond motifs is 7. The Kier molecular flexibility index (Phi) is 2.76. The van der Waals surface area contributed by atoms with Crippen molar-refractivity contribution in [3.8, 4) is 22.4 Å². The van der Waals surface area contributed by atoms with Crippen LogP contribution in [0.3, 0.4) is 0 Å². The summed E-state index contributed by atoms with van der Waals surface area (Å²) in [4.78, 5) is 17.4. The van der Waals surface area contributed by atoms with Gasteiger partial charge < -0.3 is 10.7 Å². The molecule has 0 aliphatic carbocycles. The van der Waals surface area contributed by atoms with Crippen molar-refractivity contribution in [3.63, 3.8) is 0 Å². The van der Waals surface area contributed by atoms with Crippen molar-refractivity contribution >= 4 is 28.3 Å². The van der Waals surface area contributed by atoms with Gasteiger partial charge in [0.1, 0.15) is 0 Å². The molecule has 0 spiro atoms. The van der Waals surface area contributed by atoms with Crippen LogP contribution < -0.4 is 10.6 Å². The van der Waals surface area contributed by atoms with Crippen LogP contribution in [-0.2, 0) is 0 Å². The van der Waals surface area contributed by atoms with Crippen molar-refractivity contribution in [1.82, 2.24) is 4.98 Å². The average Bonchev–Trinajstić information content (AvgIpc) is 2.96. The lowest BCUT2D eigenvalue weighted by molar-refractivity contribution is 0.256. The predicted molar refractivity (Wildman–Crippen MR) is 101 cm³/mol. The minimum absolute atomic E-state index is 0.491. The van der Waals surface area contributed by atoms with Crippen molar-refractivity contribution in [2.75, 3.05) is 4.90 Å². The van der Waals surface area contributed by atoms with E-state index in [1.54, 1.807) is 4.90 Å². The van der Waals surface area contributed by atoms with Crippen LogP contribution in [0.5, 0.6) is 0 Å². The van der Waals surface area contributed by atoms with E-state index in [9.17, 15) is 4.79 Å². The fourth-order valence-corrected chi connectivity index (χ4v) is 3.75. The fraction of sp³-hybridized carbons (Fsp3) is 0. The number of para-hydroxylation sites is 3. The largest absolute Gasteiger partial charge is 0.354 e. The zero-order chi connectivity index (χ0) is 17.0. The standard InChI is InChI=1S/C21H15N3O/c22-21(25)24-17-11-5-2-8-14(17)19-13-7-1-4-10-16(13)23-20(19)15-9-3-6-12-18(15)24/h1-12,23H,(H2,22,25). The summed E-state index contributed by atoms with van der Waals surface area (Å²) in [5.74, 6) is 0. The number of primary amides is 1. The van der Waals surface area contributed by atoms with Gasteiger partial charge in [0, 0.05) is 27.6 Å². The number of aromatic nitrogens is 1. The Morgan fingerprint density at radius 1 is 0.800 bits per heavy atom. The molecule has 0 saturated carbocycles. The van der Waals surface area contributed by atoms with Gasteiger partial charge in [0.2, 0.25) is 0 Å². The highest BCUT2D eigenvalue weighted by molar-refractivity contribution is 6.15. The van der Waals surface area contributed by atoms with Crippen LogP contribution in [0.2, 0.25) is 0 Å². The molecule has 1 aliphatic heterocycles. The molecule has 0 saturated heterocycles. The number of carbonyl (C=O) groups excluding carboxylic acids is 1. The van der Waals surface area contributed by atoms with Crippen LogP contribution in [0.25, 0.3) is 33.3 Å². The number of benzene rings is 3. The van der Waals surface area contributed by atoms with Gasteiger partial charge in [-0.2, -0.15) is 0 Å². The van der Waals surface area contributed by atoms with E-state index in [1.807, 2.05) is 60.7 Å². The molecule has 25 heavy (non-hydrogen) atoms. The normalized spacial score (nSPS) is 12.2. The number of hydrogen-bond acceptors (Lipinski definition) is 1.